The van der Waals surface area contributed by atoms with Crippen molar-refractivity contribution in [1.29, 1.82) is 0 Å². The first-order chi connectivity index (χ1) is 8.39. The molecule has 2 rings (SSSR count). The predicted molar refractivity (Wildman–Crippen MR) is 63.1 cm³/mol. The molecule has 7 heteroatoms. The first-order valence-corrected chi connectivity index (χ1v) is 6.77. The molecule has 1 aliphatic heterocycles. The predicted octanol–water partition coefficient (Wildman–Crippen LogP) is 0.370. The Morgan fingerprint density at radius 1 is 1.50 bits per heavy atom. The molecule has 1 aromatic carbocycles. The van der Waals surface area contributed by atoms with E-state index in [4.69, 9.17) is 9.29 Å². The van der Waals surface area contributed by atoms with Crippen LogP contribution in [0.25, 0.3) is 0 Å². The second kappa shape index (κ2) is 4.77. The molecule has 0 radical (unpaired) electrons. The van der Waals surface area contributed by atoms with Gasteiger partial charge in [-0.2, -0.15) is 8.42 Å². The minimum absolute atomic E-state index is 0.240. The lowest BCUT2D eigenvalue weighted by molar-refractivity contribution is 0.0941. The number of carbonyl (C=O) groups is 1. The average molecular weight is 271 g/mol. The highest BCUT2D eigenvalue weighted by Crippen LogP contribution is 2.18. The van der Waals surface area contributed by atoms with E-state index in [9.17, 15) is 13.2 Å². The monoisotopic (exact) mass is 271 g/mol. The molecule has 1 aliphatic rings. The number of rotatable bonds is 3. The van der Waals surface area contributed by atoms with Crippen LogP contribution in [0.3, 0.4) is 0 Å². The SMILES string of the molecule is Cc1ccc(S(=O)(=O)O)cc1C(=O)C1COCN1. The highest BCUT2D eigenvalue weighted by atomic mass is 32.2. The highest BCUT2D eigenvalue weighted by Gasteiger charge is 2.26. The molecule has 1 aromatic rings. The summed E-state index contributed by atoms with van der Waals surface area (Å²) in [5.74, 6) is -0.240. The molecule has 0 spiro atoms. The number of aryl methyl sites for hydroxylation is 1. The molecule has 1 unspecified atom stereocenters. The van der Waals surface area contributed by atoms with Gasteiger partial charge < -0.3 is 4.74 Å². The third-order valence-electron chi connectivity index (χ3n) is 2.81. The molecule has 1 atom stereocenters. The van der Waals surface area contributed by atoms with Crippen LogP contribution in [0.5, 0.6) is 0 Å². The Balaban J connectivity index is 2.40. The molecule has 18 heavy (non-hydrogen) atoms. The third kappa shape index (κ3) is 2.59. The Morgan fingerprint density at radius 2 is 2.22 bits per heavy atom. The average Bonchev–Trinajstić information content (AvgIpc) is 2.80. The molecule has 0 bridgehead atoms. The maximum atomic E-state index is 12.1. The number of Topliss-reactive ketones (excluding diaryl/α,β-unsaturated/α-hetero) is 1. The van der Waals surface area contributed by atoms with E-state index in [1.807, 2.05) is 0 Å². The van der Waals surface area contributed by atoms with Gasteiger partial charge in [-0.25, -0.2) is 0 Å². The third-order valence-corrected chi connectivity index (χ3v) is 3.65. The first-order valence-electron chi connectivity index (χ1n) is 5.33. The summed E-state index contributed by atoms with van der Waals surface area (Å²) in [5.41, 5.74) is 0.925. The van der Waals surface area contributed by atoms with Crippen molar-refractivity contribution in [3.05, 3.63) is 29.3 Å². The lowest BCUT2D eigenvalue weighted by Crippen LogP contribution is -2.33. The molecule has 0 saturated carbocycles. The molecule has 6 nitrogen and oxygen atoms in total. The minimum atomic E-state index is -4.30. The molecule has 0 aliphatic carbocycles. The van der Waals surface area contributed by atoms with E-state index in [0.29, 0.717) is 12.3 Å². The Hall–Kier alpha value is -1.28. The van der Waals surface area contributed by atoms with Gasteiger partial charge in [-0.3, -0.25) is 14.7 Å². The number of hydrogen-bond acceptors (Lipinski definition) is 5. The molecule has 98 valence electrons. The van der Waals surface area contributed by atoms with Crippen LogP contribution in [-0.4, -0.2) is 38.1 Å². The van der Waals surface area contributed by atoms with Crippen molar-refractivity contribution in [2.75, 3.05) is 13.3 Å². The highest BCUT2D eigenvalue weighted by molar-refractivity contribution is 7.85. The fourth-order valence-corrected chi connectivity index (χ4v) is 2.29. The largest absolute Gasteiger partial charge is 0.364 e. The van der Waals surface area contributed by atoms with E-state index in [2.05, 4.69) is 5.32 Å². The standard InChI is InChI=1S/C11H13NO5S/c1-7-2-3-8(18(14,15)16)4-9(7)11(13)10-5-17-6-12-10/h2-4,10,12H,5-6H2,1H3,(H,14,15,16). The van der Waals surface area contributed by atoms with Crippen molar-refractivity contribution in [2.24, 2.45) is 0 Å². The van der Waals surface area contributed by atoms with E-state index in [1.54, 1.807) is 6.92 Å². The normalized spacial score (nSPS) is 20.0. The van der Waals surface area contributed by atoms with Gasteiger partial charge in [0.05, 0.1) is 24.3 Å². The van der Waals surface area contributed by atoms with Gasteiger partial charge in [-0.05, 0) is 24.6 Å². The van der Waals surface area contributed by atoms with Crippen molar-refractivity contribution >= 4 is 15.9 Å². The van der Waals surface area contributed by atoms with Gasteiger partial charge in [0.25, 0.3) is 10.1 Å². The number of benzene rings is 1. The van der Waals surface area contributed by atoms with Crippen LogP contribution in [0.1, 0.15) is 15.9 Å². The summed E-state index contributed by atoms with van der Waals surface area (Å²) in [6, 6.07) is 3.47. The van der Waals surface area contributed by atoms with Crippen LogP contribution in [-0.2, 0) is 14.9 Å². The lowest BCUT2D eigenvalue weighted by atomic mass is 10.0. The molecule has 1 saturated heterocycles. The number of hydrogen-bond donors (Lipinski definition) is 2. The van der Waals surface area contributed by atoms with Gasteiger partial charge in [-0.15, -0.1) is 0 Å². The quantitative estimate of drug-likeness (QED) is 0.609. The number of ketones is 1. The zero-order chi connectivity index (χ0) is 13.3. The van der Waals surface area contributed by atoms with E-state index in [-0.39, 0.29) is 22.8 Å². The second-order valence-electron chi connectivity index (χ2n) is 4.09. The van der Waals surface area contributed by atoms with Crippen LogP contribution in [0, 0.1) is 6.92 Å². The minimum Gasteiger partial charge on any atom is -0.364 e. The van der Waals surface area contributed by atoms with E-state index in [0.717, 1.165) is 0 Å². The molecule has 0 aromatic heterocycles. The summed E-state index contributed by atoms with van der Waals surface area (Å²) in [6.07, 6.45) is 0. The van der Waals surface area contributed by atoms with E-state index >= 15 is 0 Å². The van der Waals surface area contributed by atoms with E-state index in [1.165, 1.54) is 18.2 Å². The van der Waals surface area contributed by atoms with Gasteiger partial charge in [0.2, 0.25) is 0 Å². The van der Waals surface area contributed by atoms with Crippen LogP contribution in [0.2, 0.25) is 0 Å². The van der Waals surface area contributed by atoms with Gasteiger partial charge in [0.15, 0.2) is 5.78 Å². The smallest absolute Gasteiger partial charge is 0.294 e. The fraction of sp³-hybridized carbons (Fsp3) is 0.364. The zero-order valence-corrected chi connectivity index (χ0v) is 10.5. The first kappa shape index (κ1) is 13.2. The Bertz CT molecular complexity index is 575. The van der Waals surface area contributed by atoms with Crippen molar-refractivity contribution in [3.8, 4) is 0 Å². The van der Waals surface area contributed by atoms with Gasteiger partial charge in [0.1, 0.15) is 0 Å². The molecule has 2 N–H and O–H groups in total. The lowest BCUT2D eigenvalue weighted by Gasteiger charge is -2.10. The second-order valence-corrected chi connectivity index (χ2v) is 5.51. The van der Waals surface area contributed by atoms with Crippen molar-refractivity contribution in [1.82, 2.24) is 5.32 Å². The van der Waals surface area contributed by atoms with Crippen molar-refractivity contribution < 1.29 is 22.5 Å². The molecule has 1 heterocycles. The summed E-state index contributed by atoms with van der Waals surface area (Å²) >= 11 is 0. The number of ether oxygens (including phenoxy) is 1. The molecular weight excluding hydrogens is 258 g/mol. The summed E-state index contributed by atoms with van der Waals surface area (Å²) in [6.45, 7) is 2.26. The Labute approximate surface area is 105 Å². The molecule has 0 amide bonds. The Morgan fingerprint density at radius 3 is 2.78 bits per heavy atom. The van der Waals surface area contributed by atoms with Crippen molar-refractivity contribution in [3.63, 3.8) is 0 Å². The maximum absolute atomic E-state index is 12.1. The van der Waals surface area contributed by atoms with E-state index < -0.39 is 16.2 Å². The van der Waals surface area contributed by atoms with Crippen molar-refractivity contribution in [2.45, 2.75) is 17.9 Å². The Kier molecular flexibility index (Phi) is 3.49. The van der Waals surface area contributed by atoms with Gasteiger partial charge in [-0.1, -0.05) is 6.07 Å². The number of nitrogens with one attached hydrogen (secondary N) is 1. The zero-order valence-electron chi connectivity index (χ0n) is 9.71. The van der Waals surface area contributed by atoms with Gasteiger partial charge in [0, 0.05) is 5.56 Å². The summed E-state index contributed by atoms with van der Waals surface area (Å²) < 4.78 is 36.1. The van der Waals surface area contributed by atoms with Gasteiger partial charge >= 0.3 is 0 Å². The molecular formula is C11H13NO5S. The summed E-state index contributed by atoms with van der Waals surface area (Å²) in [5, 5.41) is 2.86. The van der Waals surface area contributed by atoms with Crippen LogP contribution < -0.4 is 5.32 Å². The topological polar surface area (TPSA) is 92.7 Å². The van der Waals surface area contributed by atoms with Crippen LogP contribution >= 0.6 is 0 Å². The molecule has 1 fully saturated rings. The van der Waals surface area contributed by atoms with Crippen LogP contribution in [0.4, 0.5) is 0 Å². The summed E-state index contributed by atoms with van der Waals surface area (Å²) in [7, 11) is -4.30. The summed E-state index contributed by atoms with van der Waals surface area (Å²) in [4.78, 5) is 11.8. The fourth-order valence-electron chi connectivity index (χ4n) is 1.78. The number of carbonyl (C=O) groups excluding carboxylic acids is 1. The van der Waals surface area contributed by atoms with Crippen LogP contribution in [0.15, 0.2) is 23.1 Å². The maximum Gasteiger partial charge on any atom is 0.294 e.